The van der Waals surface area contributed by atoms with Gasteiger partial charge < -0.3 is 24.9 Å². The molecule has 2 aliphatic rings. The number of nitrogens with zero attached hydrogens (tertiary/aromatic N) is 3. The van der Waals surface area contributed by atoms with Crippen molar-refractivity contribution in [3.05, 3.63) is 24.0 Å². The summed E-state index contributed by atoms with van der Waals surface area (Å²) in [5.41, 5.74) is 7.28. The fourth-order valence-corrected chi connectivity index (χ4v) is 3.40. The number of Topliss-reactive ketones (excluding diaryl/α,β-unsaturated/α-hetero) is 1. The highest BCUT2D eigenvalue weighted by atomic mass is 19.1. The maximum Gasteiger partial charge on any atom is 0.414 e. The number of hydrogen-bond acceptors (Lipinski definition) is 9. The number of ether oxygens (including phenoxy) is 2. The summed E-state index contributed by atoms with van der Waals surface area (Å²) in [4.78, 5) is 42.7. The minimum Gasteiger partial charge on any atom is -0.466 e. The zero-order valence-corrected chi connectivity index (χ0v) is 17.4. The lowest BCUT2D eigenvalue weighted by atomic mass is 10.1. The standard InChI is InChI=1S/C20H25FN4O6/c1-12(26)19(22)17-10-25(20(28)31-17)14-3-4-16(15(21)9-14)24-7-5-13(6-8-24)23-30-11-18(27)29-2/h3-4,9,17,19H,5-8,10-11,22H2,1-2H3. The lowest BCUT2D eigenvalue weighted by Crippen LogP contribution is -2.43. The molecular weight excluding hydrogens is 411 g/mol. The van der Waals surface area contributed by atoms with Crippen molar-refractivity contribution >= 4 is 34.9 Å². The zero-order valence-electron chi connectivity index (χ0n) is 17.4. The van der Waals surface area contributed by atoms with E-state index in [1.54, 1.807) is 12.1 Å². The second-order valence-electron chi connectivity index (χ2n) is 7.30. The number of amides is 1. The quantitative estimate of drug-likeness (QED) is 0.500. The molecule has 0 radical (unpaired) electrons. The van der Waals surface area contributed by atoms with E-state index in [1.165, 1.54) is 25.0 Å². The van der Waals surface area contributed by atoms with Crippen LogP contribution >= 0.6 is 0 Å². The lowest BCUT2D eigenvalue weighted by molar-refractivity contribution is -0.145. The van der Waals surface area contributed by atoms with Crippen molar-refractivity contribution in [2.75, 3.05) is 43.2 Å². The number of piperidine rings is 1. The Morgan fingerprint density at radius 1 is 1.35 bits per heavy atom. The van der Waals surface area contributed by atoms with Crippen LogP contribution in [0.25, 0.3) is 0 Å². The van der Waals surface area contributed by atoms with Crippen molar-refractivity contribution in [1.82, 2.24) is 0 Å². The Balaban J connectivity index is 1.60. The number of halogens is 1. The Kier molecular flexibility index (Phi) is 7.06. The van der Waals surface area contributed by atoms with Gasteiger partial charge >= 0.3 is 12.1 Å². The number of anilines is 2. The van der Waals surface area contributed by atoms with Crippen LogP contribution in [0.5, 0.6) is 0 Å². The number of oxime groups is 1. The SMILES string of the molecule is COC(=O)CON=C1CCN(c2ccc(N3CC(C(N)C(C)=O)OC3=O)cc2F)CC1. The molecule has 2 heterocycles. The van der Waals surface area contributed by atoms with Crippen LogP contribution in [0, 0.1) is 5.82 Å². The third-order valence-corrected chi connectivity index (χ3v) is 5.23. The zero-order chi connectivity index (χ0) is 22.5. The Hall–Kier alpha value is -3.21. The smallest absolute Gasteiger partial charge is 0.414 e. The number of carbonyl (C=O) groups is 3. The second-order valence-corrected chi connectivity index (χ2v) is 7.30. The van der Waals surface area contributed by atoms with Crippen molar-refractivity contribution in [2.45, 2.75) is 31.9 Å². The molecule has 0 saturated carbocycles. The molecule has 0 bridgehead atoms. The van der Waals surface area contributed by atoms with Gasteiger partial charge in [0.25, 0.3) is 0 Å². The third-order valence-electron chi connectivity index (χ3n) is 5.23. The van der Waals surface area contributed by atoms with Gasteiger partial charge in [-0.05, 0) is 25.1 Å². The van der Waals surface area contributed by atoms with Crippen LogP contribution in [-0.2, 0) is 23.9 Å². The molecule has 2 atom stereocenters. The topological polar surface area (TPSA) is 124 Å². The van der Waals surface area contributed by atoms with Gasteiger partial charge in [-0.1, -0.05) is 5.16 Å². The fraction of sp³-hybridized carbons (Fsp3) is 0.500. The molecule has 2 saturated heterocycles. The first kappa shape index (κ1) is 22.5. The number of hydrogen-bond donors (Lipinski definition) is 1. The van der Waals surface area contributed by atoms with Crippen LogP contribution < -0.4 is 15.5 Å². The molecule has 10 nitrogen and oxygen atoms in total. The minimum absolute atomic E-state index is 0.0769. The fourth-order valence-electron chi connectivity index (χ4n) is 3.40. The first-order chi connectivity index (χ1) is 14.8. The predicted molar refractivity (Wildman–Crippen MR) is 110 cm³/mol. The number of methoxy groups -OCH3 is 1. The first-order valence-corrected chi connectivity index (χ1v) is 9.83. The normalized spacial score (nSPS) is 19.7. The molecule has 0 spiro atoms. The van der Waals surface area contributed by atoms with Crippen LogP contribution in [0.2, 0.25) is 0 Å². The number of esters is 1. The Labute approximate surface area is 178 Å². The Bertz CT molecular complexity index is 882. The first-order valence-electron chi connectivity index (χ1n) is 9.83. The highest BCUT2D eigenvalue weighted by Gasteiger charge is 2.38. The van der Waals surface area contributed by atoms with E-state index in [-0.39, 0.29) is 18.9 Å². The summed E-state index contributed by atoms with van der Waals surface area (Å²) in [6.07, 6.45) is -0.315. The number of carbonyl (C=O) groups excluding carboxylic acids is 3. The molecule has 168 valence electrons. The number of ketones is 1. The van der Waals surface area contributed by atoms with E-state index in [4.69, 9.17) is 15.3 Å². The van der Waals surface area contributed by atoms with Crippen molar-refractivity contribution in [3.8, 4) is 0 Å². The summed E-state index contributed by atoms with van der Waals surface area (Å²) >= 11 is 0. The molecule has 2 unspecified atom stereocenters. The Morgan fingerprint density at radius 2 is 2.06 bits per heavy atom. The highest BCUT2D eigenvalue weighted by molar-refractivity contribution is 5.92. The second kappa shape index (κ2) is 9.73. The van der Waals surface area contributed by atoms with Crippen molar-refractivity contribution < 1.29 is 33.1 Å². The van der Waals surface area contributed by atoms with E-state index in [2.05, 4.69) is 9.89 Å². The van der Waals surface area contributed by atoms with Gasteiger partial charge in [0.15, 0.2) is 0 Å². The van der Waals surface area contributed by atoms with E-state index in [1.807, 2.05) is 4.90 Å². The van der Waals surface area contributed by atoms with Crippen LogP contribution in [0.15, 0.2) is 23.4 Å². The van der Waals surface area contributed by atoms with E-state index in [0.29, 0.717) is 37.3 Å². The summed E-state index contributed by atoms with van der Waals surface area (Å²) in [6, 6.07) is 3.58. The molecule has 2 N–H and O–H groups in total. The van der Waals surface area contributed by atoms with Crippen LogP contribution in [0.4, 0.5) is 20.6 Å². The van der Waals surface area contributed by atoms with Gasteiger partial charge in [-0.2, -0.15) is 0 Å². The summed E-state index contributed by atoms with van der Waals surface area (Å²) in [5.74, 6) is -1.28. The minimum atomic E-state index is -0.918. The van der Waals surface area contributed by atoms with Crippen LogP contribution in [0.3, 0.4) is 0 Å². The van der Waals surface area contributed by atoms with Crippen molar-refractivity contribution in [1.29, 1.82) is 0 Å². The molecule has 2 aliphatic heterocycles. The van der Waals surface area contributed by atoms with Crippen LogP contribution in [-0.4, -0.2) is 69.1 Å². The molecule has 1 aromatic carbocycles. The number of nitrogens with two attached hydrogens (primary N) is 1. The molecule has 3 rings (SSSR count). The van der Waals surface area contributed by atoms with E-state index in [0.717, 1.165) is 5.71 Å². The monoisotopic (exact) mass is 436 g/mol. The van der Waals surface area contributed by atoms with Gasteiger partial charge in [-0.15, -0.1) is 0 Å². The van der Waals surface area contributed by atoms with Gasteiger partial charge in [-0.25, -0.2) is 14.0 Å². The maximum absolute atomic E-state index is 14.8. The van der Waals surface area contributed by atoms with Gasteiger partial charge in [0.05, 0.1) is 30.7 Å². The van der Waals surface area contributed by atoms with E-state index >= 15 is 0 Å². The molecule has 0 aromatic heterocycles. The van der Waals surface area contributed by atoms with Crippen LogP contribution in [0.1, 0.15) is 19.8 Å². The molecule has 1 aromatic rings. The van der Waals surface area contributed by atoms with Gasteiger partial charge in [0.1, 0.15) is 23.7 Å². The molecule has 11 heteroatoms. The predicted octanol–water partition coefficient (Wildman–Crippen LogP) is 1.21. The highest BCUT2D eigenvalue weighted by Crippen LogP contribution is 2.29. The van der Waals surface area contributed by atoms with Crippen molar-refractivity contribution in [2.24, 2.45) is 10.9 Å². The van der Waals surface area contributed by atoms with Crippen molar-refractivity contribution in [3.63, 3.8) is 0 Å². The summed E-state index contributed by atoms with van der Waals surface area (Å²) in [6.45, 7) is 2.20. The molecule has 2 fully saturated rings. The number of benzene rings is 1. The van der Waals surface area contributed by atoms with Gasteiger partial charge in [0, 0.05) is 25.9 Å². The largest absolute Gasteiger partial charge is 0.466 e. The summed E-state index contributed by atoms with van der Waals surface area (Å²) < 4.78 is 24.5. The molecular formula is C20H25FN4O6. The van der Waals surface area contributed by atoms with Gasteiger partial charge in [-0.3, -0.25) is 9.69 Å². The van der Waals surface area contributed by atoms with Gasteiger partial charge in [0.2, 0.25) is 6.61 Å². The average Bonchev–Trinajstić information content (AvgIpc) is 3.15. The van der Waals surface area contributed by atoms with E-state index < -0.39 is 30.0 Å². The lowest BCUT2D eigenvalue weighted by Gasteiger charge is -2.30. The summed E-state index contributed by atoms with van der Waals surface area (Å²) in [5, 5.41) is 3.93. The Morgan fingerprint density at radius 3 is 2.68 bits per heavy atom. The maximum atomic E-state index is 14.8. The number of cyclic esters (lactones) is 1. The third kappa shape index (κ3) is 5.29. The number of rotatable bonds is 7. The van der Waals surface area contributed by atoms with E-state index in [9.17, 15) is 18.8 Å². The molecule has 0 aliphatic carbocycles. The molecule has 31 heavy (non-hydrogen) atoms. The average molecular weight is 436 g/mol. The summed E-state index contributed by atoms with van der Waals surface area (Å²) in [7, 11) is 1.27. The molecule has 1 amide bonds.